The van der Waals surface area contributed by atoms with Gasteiger partial charge in [-0.05, 0) is 25.4 Å². The van der Waals surface area contributed by atoms with E-state index >= 15 is 0 Å². The fourth-order valence-corrected chi connectivity index (χ4v) is 1.84. The monoisotopic (exact) mass is 216 g/mol. The third-order valence-electron chi connectivity index (χ3n) is 1.55. The van der Waals surface area contributed by atoms with Gasteiger partial charge >= 0.3 is 8.90 Å². The number of rotatable bonds is 8. The summed E-state index contributed by atoms with van der Waals surface area (Å²) in [5.41, 5.74) is 3.15. The summed E-state index contributed by atoms with van der Waals surface area (Å²) in [6.45, 7) is 7.15. The van der Waals surface area contributed by atoms with Crippen molar-refractivity contribution >= 4 is 14.6 Å². The van der Waals surface area contributed by atoms with E-state index in [9.17, 15) is 0 Å². The molecule has 0 spiro atoms. The largest absolute Gasteiger partial charge is 0.526 e. The number of hydrogen-bond acceptors (Lipinski definition) is 3. The van der Waals surface area contributed by atoms with Crippen LogP contribution in [-0.4, -0.2) is 42.0 Å². The van der Waals surface area contributed by atoms with Crippen LogP contribution in [0, 0.1) is 0 Å². The number of ether oxygens (including phenoxy) is 1. The van der Waals surface area contributed by atoms with Crippen molar-refractivity contribution < 1.29 is 13.6 Å². The first-order valence-corrected chi connectivity index (χ1v) is 6.10. The Hall–Kier alpha value is -0.613. The molecule has 4 heteroatoms. The minimum atomic E-state index is -1.12. The van der Waals surface area contributed by atoms with Crippen LogP contribution in [0.15, 0.2) is 12.2 Å². The fourth-order valence-electron chi connectivity index (χ4n) is 0.902. The summed E-state index contributed by atoms with van der Waals surface area (Å²) in [5.74, 6) is 0. The van der Waals surface area contributed by atoms with Gasteiger partial charge in [0.15, 0.2) is 0 Å². The summed E-state index contributed by atoms with van der Waals surface area (Å²) in [4.78, 5) is 0. The Morgan fingerprint density at radius 1 is 1.36 bits per heavy atom. The van der Waals surface area contributed by atoms with Gasteiger partial charge in [-0.1, -0.05) is 12.2 Å². The van der Waals surface area contributed by atoms with Gasteiger partial charge in [0, 0.05) is 6.61 Å². The zero-order valence-corrected chi connectivity index (χ0v) is 10.3. The molecule has 0 aliphatic rings. The van der Waals surface area contributed by atoms with Crippen molar-refractivity contribution in [2.24, 2.45) is 0 Å². The van der Waals surface area contributed by atoms with Crippen molar-refractivity contribution in [2.45, 2.75) is 19.8 Å². The molecule has 0 aliphatic heterocycles. The van der Waals surface area contributed by atoms with Crippen LogP contribution in [0.1, 0.15) is 19.8 Å². The Morgan fingerprint density at radius 3 is 2.50 bits per heavy atom. The predicted octanol–water partition coefficient (Wildman–Crippen LogP) is 1.52. The van der Waals surface area contributed by atoms with Gasteiger partial charge in [0.1, 0.15) is 0 Å². The molecule has 0 aromatic heterocycles. The second-order valence-corrected chi connectivity index (χ2v) is 4.95. The van der Waals surface area contributed by atoms with Crippen molar-refractivity contribution in [3.8, 4) is 0 Å². The van der Waals surface area contributed by atoms with E-state index in [-0.39, 0.29) is 0 Å². The lowest BCUT2D eigenvalue weighted by Crippen LogP contribution is -2.11. The Labute approximate surface area is 88.1 Å². The highest BCUT2D eigenvalue weighted by molar-refractivity contribution is 6.54. The van der Waals surface area contributed by atoms with E-state index in [1.54, 1.807) is 14.2 Å². The van der Waals surface area contributed by atoms with E-state index < -0.39 is 8.90 Å². The van der Waals surface area contributed by atoms with Gasteiger partial charge in [-0.2, -0.15) is 0 Å². The van der Waals surface area contributed by atoms with Crippen molar-refractivity contribution in [3.63, 3.8) is 0 Å². The highest BCUT2D eigenvalue weighted by atomic mass is 28.3. The molecular formula is C10H20O3Si. The summed E-state index contributed by atoms with van der Waals surface area (Å²) in [7, 11) is 2.22. The highest BCUT2D eigenvalue weighted by Crippen LogP contribution is 1.92. The Kier molecular flexibility index (Phi) is 8.57. The number of unbranched alkanes of at least 4 members (excludes halogenated alkanes) is 1. The van der Waals surface area contributed by atoms with Gasteiger partial charge in [0.2, 0.25) is 0 Å². The van der Waals surface area contributed by atoms with E-state index in [2.05, 4.69) is 12.3 Å². The van der Waals surface area contributed by atoms with Gasteiger partial charge < -0.3 is 13.6 Å². The lowest BCUT2D eigenvalue weighted by Gasteiger charge is -2.03. The molecule has 0 unspecified atom stereocenters. The van der Waals surface area contributed by atoms with Crippen LogP contribution in [0.2, 0.25) is 0 Å². The van der Waals surface area contributed by atoms with Gasteiger partial charge in [0.05, 0.1) is 20.8 Å². The molecule has 0 aromatic carbocycles. The highest BCUT2D eigenvalue weighted by Gasteiger charge is 1.96. The molecule has 0 rings (SSSR count). The van der Waals surface area contributed by atoms with Crippen LogP contribution in [-0.2, 0) is 13.6 Å². The van der Waals surface area contributed by atoms with Gasteiger partial charge in [-0.3, -0.25) is 0 Å². The van der Waals surface area contributed by atoms with Gasteiger partial charge in [-0.15, -0.1) is 0 Å². The second kappa shape index (κ2) is 8.96. The summed E-state index contributed by atoms with van der Waals surface area (Å²) in [6.07, 6.45) is 1.99. The minimum absolute atomic E-state index is 0.659. The van der Waals surface area contributed by atoms with E-state index in [0.29, 0.717) is 6.61 Å². The maximum Gasteiger partial charge on any atom is 0.475 e. The zero-order valence-electron chi connectivity index (χ0n) is 9.34. The summed E-state index contributed by atoms with van der Waals surface area (Å²) in [6, 6.07) is 0. The number of hydrogen-bond donors (Lipinski definition) is 0. The van der Waals surface area contributed by atoms with Gasteiger partial charge in [-0.25, -0.2) is 0 Å². The maximum absolute atomic E-state index is 5.35. The first kappa shape index (κ1) is 13.4. The van der Waals surface area contributed by atoms with Crippen LogP contribution >= 0.6 is 0 Å². The molecule has 0 atom stereocenters. The molecule has 0 bridgehead atoms. The Morgan fingerprint density at radius 2 is 2.00 bits per heavy atom. The van der Waals surface area contributed by atoms with Crippen molar-refractivity contribution in [1.82, 2.24) is 0 Å². The van der Waals surface area contributed by atoms with Crippen LogP contribution in [0.25, 0.3) is 0 Å². The SMILES string of the molecule is C=C(C)COCCCC=[Si](OC)OC. The predicted molar refractivity (Wildman–Crippen MR) is 60.7 cm³/mol. The van der Waals surface area contributed by atoms with E-state index in [1.807, 2.05) is 6.92 Å². The van der Waals surface area contributed by atoms with E-state index in [1.165, 1.54) is 0 Å². The normalized spacial score (nSPS) is 9.36. The Balaban J connectivity index is 3.36. The second-order valence-electron chi connectivity index (χ2n) is 3.08. The van der Waals surface area contributed by atoms with E-state index in [4.69, 9.17) is 13.6 Å². The van der Waals surface area contributed by atoms with Crippen LogP contribution in [0.3, 0.4) is 0 Å². The molecule has 0 amide bonds. The summed E-state index contributed by atoms with van der Waals surface area (Å²) >= 11 is 0. The molecule has 0 radical (unpaired) electrons. The topological polar surface area (TPSA) is 27.7 Å². The molecule has 0 heterocycles. The molecule has 0 fully saturated rings. The molecule has 14 heavy (non-hydrogen) atoms. The Bertz CT molecular complexity index is 184. The molecule has 0 aliphatic carbocycles. The lowest BCUT2D eigenvalue weighted by atomic mass is 10.3. The molecule has 0 N–H and O–H groups in total. The van der Waals surface area contributed by atoms with Crippen molar-refractivity contribution in [1.29, 1.82) is 0 Å². The molecule has 82 valence electrons. The molecular weight excluding hydrogens is 196 g/mol. The average molecular weight is 216 g/mol. The van der Waals surface area contributed by atoms with Crippen molar-refractivity contribution in [3.05, 3.63) is 12.2 Å². The fraction of sp³-hybridized carbons (Fsp3) is 0.700. The van der Waals surface area contributed by atoms with Crippen LogP contribution in [0.4, 0.5) is 0 Å². The third-order valence-corrected chi connectivity index (χ3v) is 2.98. The third kappa shape index (κ3) is 8.01. The summed E-state index contributed by atoms with van der Waals surface area (Å²) < 4.78 is 15.6. The van der Waals surface area contributed by atoms with Gasteiger partial charge in [0.25, 0.3) is 0 Å². The zero-order chi connectivity index (χ0) is 10.8. The first-order valence-electron chi connectivity index (χ1n) is 4.71. The average Bonchev–Trinajstić information content (AvgIpc) is 2.16. The first-order chi connectivity index (χ1) is 6.70. The van der Waals surface area contributed by atoms with Crippen LogP contribution in [0.5, 0.6) is 0 Å². The summed E-state index contributed by atoms with van der Waals surface area (Å²) in [5, 5.41) is 0. The maximum atomic E-state index is 5.35. The lowest BCUT2D eigenvalue weighted by molar-refractivity contribution is 0.155. The smallest absolute Gasteiger partial charge is 0.475 e. The molecule has 0 saturated heterocycles. The molecule has 3 nitrogen and oxygen atoms in total. The quantitative estimate of drug-likeness (QED) is 0.350. The minimum Gasteiger partial charge on any atom is -0.526 e. The van der Waals surface area contributed by atoms with E-state index in [0.717, 1.165) is 25.0 Å². The van der Waals surface area contributed by atoms with Crippen molar-refractivity contribution in [2.75, 3.05) is 27.4 Å². The van der Waals surface area contributed by atoms with Crippen LogP contribution < -0.4 is 0 Å². The molecule has 0 saturated carbocycles. The standard InChI is InChI=1S/C10H20O3Si/c1-10(2)9-13-7-5-6-8-14(11-3)12-4/h8H,1,5-7,9H2,2-4H3. The molecule has 0 aromatic rings.